The summed E-state index contributed by atoms with van der Waals surface area (Å²) < 4.78 is 38.6. The molecule has 0 amide bonds. The summed E-state index contributed by atoms with van der Waals surface area (Å²) in [7, 11) is -3.73. The van der Waals surface area contributed by atoms with Gasteiger partial charge in [-0.25, -0.2) is 13.1 Å². The number of nitrogens with zero attached hydrogens (tertiary/aromatic N) is 1. The quantitative estimate of drug-likeness (QED) is 0.384. The summed E-state index contributed by atoms with van der Waals surface area (Å²) in [6.07, 6.45) is 5.97. The lowest BCUT2D eigenvalue weighted by Crippen LogP contribution is -2.53. The first kappa shape index (κ1) is 23.1. The smallest absolute Gasteiger partial charge is 0.497 e. The van der Waals surface area contributed by atoms with Gasteiger partial charge in [-0.05, 0) is 32.5 Å². The molecule has 1 fully saturated rings. The third kappa shape index (κ3) is 7.30. The maximum atomic E-state index is 12.8. The van der Waals surface area contributed by atoms with Gasteiger partial charge in [0.05, 0.1) is 18.0 Å². The zero-order valence-electron chi connectivity index (χ0n) is 17.0. The highest BCUT2D eigenvalue weighted by molar-refractivity contribution is 7.89. The van der Waals surface area contributed by atoms with E-state index in [4.69, 9.17) is 9.31 Å². The summed E-state index contributed by atoms with van der Waals surface area (Å²) in [4.78, 5) is 25.7. The van der Waals surface area contributed by atoms with Crippen LogP contribution in [0.25, 0.3) is 0 Å². The summed E-state index contributed by atoms with van der Waals surface area (Å²) in [6, 6.07) is 6.35. The van der Waals surface area contributed by atoms with Crippen LogP contribution in [0.5, 0.6) is 0 Å². The molecule has 29 heavy (non-hydrogen) atoms. The highest BCUT2D eigenvalue weighted by atomic mass is 32.2. The molecule has 8 nitrogen and oxygen atoms in total. The van der Waals surface area contributed by atoms with E-state index in [2.05, 4.69) is 4.72 Å². The van der Waals surface area contributed by atoms with Gasteiger partial charge >= 0.3 is 19.1 Å². The Bertz CT molecular complexity index is 821. The molecule has 0 radical (unpaired) electrons. The van der Waals surface area contributed by atoms with Gasteiger partial charge in [0.2, 0.25) is 10.0 Å². The Labute approximate surface area is 172 Å². The molecule has 158 valence electrons. The van der Waals surface area contributed by atoms with Gasteiger partial charge < -0.3 is 9.31 Å². The van der Waals surface area contributed by atoms with Crippen molar-refractivity contribution in [1.82, 2.24) is 9.62 Å². The summed E-state index contributed by atoms with van der Waals surface area (Å²) in [5.41, 5.74) is 0.923. The fourth-order valence-corrected chi connectivity index (χ4v) is 3.89. The molecule has 10 heteroatoms. The van der Waals surface area contributed by atoms with E-state index in [1.54, 1.807) is 31.3 Å². The molecule has 1 aliphatic heterocycles. The average Bonchev–Trinajstić information content (AvgIpc) is 2.62. The minimum atomic E-state index is -3.93. The number of hydrogen-bond acceptors (Lipinski definition) is 7. The number of nitrogens with one attached hydrogen (secondary N) is 1. The Morgan fingerprint density at radius 1 is 1.17 bits per heavy atom. The lowest BCUT2D eigenvalue weighted by Gasteiger charge is -2.26. The zero-order chi connectivity index (χ0) is 21.4. The second-order valence-electron chi connectivity index (χ2n) is 7.05. The molecular weight excluding hydrogens is 395 g/mol. The molecule has 1 saturated heterocycles. The highest BCUT2D eigenvalue weighted by Crippen LogP contribution is 2.14. The van der Waals surface area contributed by atoms with Gasteiger partial charge in [-0.15, -0.1) is 0 Å². The Balaban J connectivity index is 2.27. The van der Waals surface area contributed by atoms with E-state index in [1.165, 1.54) is 17.0 Å². The van der Waals surface area contributed by atoms with E-state index in [-0.39, 0.29) is 18.0 Å². The third-order valence-corrected chi connectivity index (χ3v) is 5.75. The van der Waals surface area contributed by atoms with Gasteiger partial charge in [-0.1, -0.05) is 49.6 Å². The predicted octanol–water partition coefficient (Wildman–Crippen LogP) is 1.45. The number of unbranched alkanes of at least 4 members (excludes halogenated alkanes) is 2. The molecule has 0 aromatic heterocycles. The number of likely N-dealkylation sites (N-methyl/N-ethyl adjacent to an activating group) is 1. The van der Waals surface area contributed by atoms with E-state index >= 15 is 0 Å². The molecule has 1 aliphatic rings. The Kier molecular flexibility index (Phi) is 8.42. The molecule has 1 atom stereocenters. The molecular formula is C19H27BN2O6S. The normalized spacial score (nSPS) is 17.6. The summed E-state index contributed by atoms with van der Waals surface area (Å²) in [5, 5.41) is 0. The lowest BCUT2D eigenvalue weighted by molar-refractivity contribution is -0.145. The van der Waals surface area contributed by atoms with Gasteiger partial charge in [-0.3, -0.25) is 14.5 Å². The number of allylic oxidation sites excluding steroid dienone is 1. The van der Waals surface area contributed by atoms with Crippen LogP contribution in [-0.2, 0) is 28.9 Å². The van der Waals surface area contributed by atoms with Crippen LogP contribution < -0.4 is 4.72 Å². The molecule has 0 spiro atoms. The van der Waals surface area contributed by atoms with Crippen LogP contribution in [0.15, 0.2) is 41.3 Å². The second kappa shape index (κ2) is 10.6. The van der Waals surface area contributed by atoms with Crippen LogP contribution in [0, 0.1) is 6.92 Å². The van der Waals surface area contributed by atoms with E-state index in [9.17, 15) is 18.0 Å². The monoisotopic (exact) mass is 422 g/mol. The highest BCUT2D eigenvalue weighted by Gasteiger charge is 2.40. The van der Waals surface area contributed by atoms with Crippen molar-refractivity contribution in [1.29, 1.82) is 0 Å². The lowest BCUT2D eigenvalue weighted by atomic mass is 9.78. The van der Waals surface area contributed by atoms with Crippen molar-refractivity contribution in [2.24, 2.45) is 0 Å². The van der Waals surface area contributed by atoms with Crippen LogP contribution >= 0.6 is 0 Å². The number of aryl methyl sites for hydroxylation is 1. The topological polar surface area (TPSA) is 102 Å². The first-order chi connectivity index (χ1) is 13.7. The van der Waals surface area contributed by atoms with E-state index in [1.807, 2.05) is 13.8 Å². The first-order valence-corrected chi connectivity index (χ1v) is 11.0. The van der Waals surface area contributed by atoms with E-state index < -0.39 is 35.0 Å². The second-order valence-corrected chi connectivity index (χ2v) is 8.76. The zero-order valence-corrected chi connectivity index (χ0v) is 17.8. The van der Waals surface area contributed by atoms with Crippen molar-refractivity contribution < 1.29 is 27.3 Å². The van der Waals surface area contributed by atoms with Crippen LogP contribution in [0.3, 0.4) is 0 Å². The minimum Gasteiger partial charge on any atom is -0.497 e. The van der Waals surface area contributed by atoms with E-state index in [0.29, 0.717) is 0 Å². The molecule has 0 bridgehead atoms. The first-order valence-electron chi connectivity index (χ1n) is 9.54. The third-order valence-electron chi connectivity index (χ3n) is 4.28. The standard InChI is InChI=1S/C19H27BN2O6S/c1-4-5-6-7-8-17(20-27-18(23)13-22(3)14-19(24)28-20)21-29(25,26)16-11-9-15(2)10-12-16/h7-12,17,21H,4-6,13-14H2,1-3H3. The van der Waals surface area contributed by atoms with E-state index in [0.717, 1.165) is 24.8 Å². The van der Waals surface area contributed by atoms with Crippen LogP contribution in [0.4, 0.5) is 0 Å². The predicted molar refractivity (Wildman–Crippen MR) is 109 cm³/mol. The van der Waals surface area contributed by atoms with Crippen molar-refractivity contribution >= 4 is 29.1 Å². The summed E-state index contributed by atoms with van der Waals surface area (Å²) in [5.74, 6) is -2.26. The Morgan fingerprint density at radius 2 is 1.76 bits per heavy atom. The number of carbonyl (C=O) groups excluding carboxylic acids is 2. The van der Waals surface area contributed by atoms with Crippen molar-refractivity contribution in [2.75, 3.05) is 20.1 Å². The fraction of sp³-hybridized carbons (Fsp3) is 0.474. The number of benzene rings is 1. The summed E-state index contributed by atoms with van der Waals surface area (Å²) in [6.45, 7) is 3.71. The molecule has 0 aliphatic carbocycles. The van der Waals surface area contributed by atoms with Crippen molar-refractivity contribution in [3.05, 3.63) is 42.0 Å². The number of sulfonamides is 1. The van der Waals surface area contributed by atoms with Gasteiger partial charge in [-0.2, -0.15) is 0 Å². The average molecular weight is 422 g/mol. The van der Waals surface area contributed by atoms with Crippen molar-refractivity contribution in [2.45, 2.75) is 43.9 Å². The molecule has 2 rings (SSSR count). The van der Waals surface area contributed by atoms with Crippen molar-refractivity contribution in [3.8, 4) is 0 Å². The molecule has 1 N–H and O–H groups in total. The maximum Gasteiger partial charge on any atom is 0.622 e. The van der Waals surface area contributed by atoms with Gasteiger partial charge in [0.1, 0.15) is 5.94 Å². The largest absolute Gasteiger partial charge is 0.622 e. The molecule has 1 heterocycles. The van der Waals surface area contributed by atoms with Crippen LogP contribution in [0.1, 0.15) is 31.7 Å². The van der Waals surface area contributed by atoms with Gasteiger partial charge in [0.25, 0.3) is 0 Å². The van der Waals surface area contributed by atoms with Crippen LogP contribution in [-0.4, -0.2) is 58.5 Å². The Morgan fingerprint density at radius 3 is 2.31 bits per heavy atom. The molecule has 1 unspecified atom stereocenters. The maximum absolute atomic E-state index is 12.8. The SMILES string of the molecule is CCCCC=CC(NS(=O)(=O)c1ccc(C)cc1)B1OC(=O)CN(C)CC(=O)O1. The minimum absolute atomic E-state index is 0.0679. The number of rotatable bonds is 8. The van der Waals surface area contributed by atoms with Crippen molar-refractivity contribution in [3.63, 3.8) is 0 Å². The Hall–Kier alpha value is -2.17. The summed E-state index contributed by atoms with van der Waals surface area (Å²) >= 11 is 0. The molecule has 1 aromatic carbocycles. The molecule has 0 saturated carbocycles. The molecule has 1 aromatic rings. The number of carbonyl (C=O) groups is 2. The number of hydrogen-bond donors (Lipinski definition) is 1. The fourth-order valence-electron chi connectivity index (χ4n) is 2.72. The van der Waals surface area contributed by atoms with Gasteiger partial charge in [0, 0.05) is 0 Å². The van der Waals surface area contributed by atoms with Crippen LogP contribution in [0.2, 0.25) is 0 Å². The van der Waals surface area contributed by atoms with Gasteiger partial charge in [0.15, 0.2) is 0 Å².